The first-order valence-electron chi connectivity index (χ1n) is 7.62. The van der Waals surface area contributed by atoms with E-state index in [1.807, 2.05) is 17.8 Å². The van der Waals surface area contributed by atoms with Gasteiger partial charge in [-0.3, -0.25) is 4.79 Å². The maximum absolute atomic E-state index is 13.0. The number of imidazole rings is 1. The fraction of sp³-hybridized carbons (Fsp3) is 0.438. The fourth-order valence-electron chi connectivity index (χ4n) is 2.84. The Hall–Kier alpha value is -2.28. The molecule has 1 atom stereocenters. The highest BCUT2D eigenvalue weighted by atomic mass is 19.1. The first kappa shape index (κ1) is 15.6. The van der Waals surface area contributed by atoms with Gasteiger partial charge >= 0.3 is 0 Å². The van der Waals surface area contributed by atoms with Crippen molar-refractivity contribution in [1.29, 1.82) is 0 Å². The summed E-state index contributed by atoms with van der Waals surface area (Å²) in [5.41, 5.74) is 0.192. The second-order valence-electron chi connectivity index (χ2n) is 5.66. The summed E-state index contributed by atoms with van der Waals surface area (Å²) >= 11 is 0. The Kier molecular flexibility index (Phi) is 4.66. The fourth-order valence-corrected chi connectivity index (χ4v) is 2.84. The van der Waals surface area contributed by atoms with Gasteiger partial charge < -0.3 is 14.6 Å². The van der Waals surface area contributed by atoms with Crippen LogP contribution >= 0.6 is 0 Å². The summed E-state index contributed by atoms with van der Waals surface area (Å²) in [6, 6.07) is 2.38. The third kappa shape index (κ3) is 3.56. The maximum Gasteiger partial charge on any atom is 0.270 e. The van der Waals surface area contributed by atoms with Crippen LogP contribution in [0.25, 0.3) is 0 Å². The zero-order valence-corrected chi connectivity index (χ0v) is 12.9. The molecule has 0 bridgehead atoms. The first-order chi connectivity index (χ1) is 11.1. The molecule has 0 radical (unpaired) electrons. The average Bonchev–Trinajstić information content (AvgIpc) is 2.99. The number of rotatable bonds is 4. The molecule has 1 saturated heterocycles. The minimum Gasteiger partial charge on any atom is -0.381 e. The van der Waals surface area contributed by atoms with Crippen LogP contribution in [-0.2, 0) is 11.8 Å². The summed E-state index contributed by atoms with van der Waals surface area (Å²) in [6.07, 6.45) is 6.32. The van der Waals surface area contributed by atoms with Crippen molar-refractivity contribution in [2.24, 2.45) is 13.0 Å². The zero-order valence-electron chi connectivity index (χ0n) is 12.9. The number of halogens is 1. The van der Waals surface area contributed by atoms with Crippen LogP contribution in [0.2, 0.25) is 0 Å². The second kappa shape index (κ2) is 6.87. The molecule has 0 aromatic carbocycles. The van der Waals surface area contributed by atoms with Gasteiger partial charge in [0.25, 0.3) is 5.91 Å². The summed E-state index contributed by atoms with van der Waals surface area (Å²) < 4.78 is 20.3. The zero-order chi connectivity index (χ0) is 16.2. The van der Waals surface area contributed by atoms with Gasteiger partial charge in [0.05, 0.1) is 12.2 Å². The van der Waals surface area contributed by atoms with Gasteiger partial charge in [0.15, 0.2) is 0 Å². The largest absolute Gasteiger partial charge is 0.381 e. The summed E-state index contributed by atoms with van der Waals surface area (Å²) in [5, 5.41) is 3.00. The van der Waals surface area contributed by atoms with E-state index >= 15 is 0 Å². The summed E-state index contributed by atoms with van der Waals surface area (Å²) in [7, 11) is 1.90. The van der Waals surface area contributed by atoms with E-state index in [4.69, 9.17) is 4.74 Å². The van der Waals surface area contributed by atoms with Gasteiger partial charge in [0.2, 0.25) is 0 Å². The Morgan fingerprint density at radius 3 is 2.78 bits per heavy atom. The molecule has 2 aromatic heterocycles. The number of carbonyl (C=O) groups excluding carboxylic acids is 1. The quantitative estimate of drug-likeness (QED) is 0.934. The van der Waals surface area contributed by atoms with Crippen molar-refractivity contribution in [2.45, 2.75) is 18.9 Å². The van der Waals surface area contributed by atoms with E-state index in [1.54, 1.807) is 6.20 Å². The number of carbonyl (C=O) groups is 1. The summed E-state index contributed by atoms with van der Waals surface area (Å²) in [6.45, 7) is 1.35. The molecule has 3 rings (SSSR count). The van der Waals surface area contributed by atoms with Crippen LogP contribution in [-0.4, -0.2) is 33.7 Å². The molecule has 1 aliphatic heterocycles. The molecule has 1 N–H and O–H groups in total. The minimum atomic E-state index is -0.466. The molecule has 0 saturated carbocycles. The Morgan fingerprint density at radius 2 is 2.17 bits per heavy atom. The normalized spacial score (nSPS) is 17.0. The van der Waals surface area contributed by atoms with E-state index < -0.39 is 5.82 Å². The predicted molar refractivity (Wildman–Crippen MR) is 81.2 cm³/mol. The van der Waals surface area contributed by atoms with Crippen molar-refractivity contribution in [3.63, 3.8) is 0 Å². The average molecular weight is 318 g/mol. The summed E-state index contributed by atoms with van der Waals surface area (Å²) in [5.74, 6) is 0.248. The van der Waals surface area contributed by atoms with Crippen molar-refractivity contribution in [3.05, 3.63) is 48.1 Å². The highest BCUT2D eigenvalue weighted by Gasteiger charge is 2.30. The Balaban J connectivity index is 1.82. The molecule has 23 heavy (non-hydrogen) atoms. The van der Waals surface area contributed by atoms with Gasteiger partial charge in [-0.2, -0.15) is 0 Å². The van der Waals surface area contributed by atoms with Crippen LogP contribution in [0.4, 0.5) is 4.39 Å². The number of hydrogen-bond acceptors (Lipinski definition) is 4. The number of hydrogen-bond donors (Lipinski definition) is 1. The topological polar surface area (TPSA) is 69.0 Å². The van der Waals surface area contributed by atoms with E-state index in [-0.39, 0.29) is 23.6 Å². The monoisotopic (exact) mass is 318 g/mol. The summed E-state index contributed by atoms with van der Waals surface area (Å²) in [4.78, 5) is 20.7. The standard InChI is InChI=1S/C16H19FN4O2/c1-21-7-6-18-15(21)14(11-4-8-23-9-5-11)20-16(22)13-3-2-12(17)10-19-13/h2-3,6-7,10-11,14H,4-5,8-9H2,1H3,(H,20,22)/t14-/m1/s1. The number of aryl methyl sites for hydroxylation is 1. The lowest BCUT2D eigenvalue weighted by Crippen LogP contribution is -2.37. The van der Waals surface area contributed by atoms with Crippen LogP contribution in [0, 0.1) is 11.7 Å². The van der Waals surface area contributed by atoms with Gasteiger partial charge in [-0.15, -0.1) is 0 Å². The highest BCUT2D eigenvalue weighted by molar-refractivity contribution is 5.92. The molecule has 122 valence electrons. The smallest absolute Gasteiger partial charge is 0.270 e. The van der Waals surface area contributed by atoms with Crippen molar-refractivity contribution in [3.8, 4) is 0 Å². The van der Waals surface area contributed by atoms with Gasteiger partial charge in [0, 0.05) is 32.7 Å². The highest BCUT2D eigenvalue weighted by Crippen LogP contribution is 2.29. The molecule has 3 heterocycles. The number of nitrogens with zero attached hydrogens (tertiary/aromatic N) is 3. The third-order valence-corrected chi connectivity index (χ3v) is 4.12. The van der Waals surface area contributed by atoms with Gasteiger partial charge in [0.1, 0.15) is 17.3 Å². The van der Waals surface area contributed by atoms with E-state index in [1.165, 1.54) is 12.1 Å². The first-order valence-corrected chi connectivity index (χ1v) is 7.62. The van der Waals surface area contributed by atoms with Crippen molar-refractivity contribution >= 4 is 5.91 Å². The molecule has 1 amide bonds. The lowest BCUT2D eigenvalue weighted by molar-refractivity contribution is 0.0498. The Bertz CT molecular complexity index is 665. The van der Waals surface area contributed by atoms with Crippen LogP contribution in [0.1, 0.15) is 35.2 Å². The Labute approximate surface area is 133 Å². The van der Waals surface area contributed by atoms with E-state index in [9.17, 15) is 9.18 Å². The number of ether oxygens (including phenoxy) is 1. The molecular formula is C16H19FN4O2. The molecule has 1 fully saturated rings. The second-order valence-corrected chi connectivity index (χ2v) is 5.66. The van der Waals surface area contributed by atoms with Gasteiger partial charge in [-0.1, -0.05) is 0 Å². The maximum atomic E-state index is 13.0. The van der Waals surface area contributed by atoms with Crippen LogP contribution in [0.5, 0.6) is 0 Å². The van der Waals surface area contributed by atoms with Gasteiger partial charge in [-0.05, 0) is 30.9 Å². The third-order valence-electron chi connectivity index (χ3n) is 4.12. The van der Waals surface area contributed by atoms with Crippen molar-refractivity contribution < 1.29 is 13.9 Å². The Morgan fingerprint density at radius 1 is 1.39 bits per heavy atom. The molecule has 2 aromatic rings. The van der Waals surface area contributed by atoms with Crippen LogP contribution in [0.3, 0.4) is 0 Å². The van der Waals surface area contributed by atoms with E-state index in [0.717, 1.165) is 24.9 Å². The van der Waals surface area contributed by atoms with Crippen LogP contribution in [0.15, 0.2) is 30.7 Å². The SMILES string of the molecule is Cn1ccnc1[C@H](NC(=O)c1ccc(F)cn1)C1CCOCC1. The molecule has 0 aliphatic carbocycles. The lowest BCUT2D eigenvalue weighted by atomic mass is 9.91. The number of aromatic nitrogens is 3. The van der Waals surface area contributed by atoms with E-state index in [2.05, 4.69) is 15.3 Å². The predicted octanol–water partition coefficient (Wildman–Crippen LogP) is 1.85. The molecular weight excluding hydrogens is 299 g/mol. The number of nitrogens with one attached hydrogen (secondary N) is 1. The molecule has 7 heteroatoms. The van der Waals surface area contributed by atoms with Crippen LogP contribution < -0.4 is 5.32 Å². The number of pyridine rings is 1. The van der Waals surface area contributed by atoms with E-state index in [0.29, 0.717) is 13.2 Å². The lowest BCUT2D eigenvalue weighted by Gasteiger charge is -2.30. The number of amides is 1. The molecule has 0 spiro atoms. The molecule has 0 unspecified atom stereocenters. The molecule has 6 nitrogen and oxygen atoms in total. The van der Waals surface area contributed by atoms with Gasteiger partial charge in [-0.25, -0.2) is 14.4 Å². The van der Waals surface area contributed by atoms with Crippen molar-refractivity contribution in [1.82, 2.24) is 19.9 Å². The van der Waals surface area contributed by atoms with Crippen molar-refractivity contribution in [2.75, 3.05) is 13.2 Å². The molecule has 1 aliphatic rings. The minimum absolute atomic E-state index is 0.192.